The van der Waals surface area contributed by atoms with E-state index in [1.807, 2.05) is 4.90 Å². The summed E-state index contributed by atoms with van der Waals surface area (Å²) in [6, 6.07) is 0. The Balaban J connectivity index is 1.93. The van der Waals surface area contributed by atoms with Crippen molar-refractivity contribution in [1.82, 2.24) is 10.2 Å². The maximum absolute atomic E-state index is 12.2. The lowest BCUT2D eigenvalue weighted by molar-refractivity contribution is -0.135. The number of amides is 2. The Morgan fingerprint density at radius 2 is 2.12 bits per heavy atom. The van der Waals surface area contributed by atoms with Crippen LogP contribution in [0.25, 0.3) is 0 Å². The van der Waals surface area contributed by atoms with Crippen LogP contribution < -0.4 is 5.32 Å². The maximum atomic E-state index is 12.2. The van der Waals surface area contributed by atoms with Gasteiger partial charge in [0.15, 0.2) is 0 Å². The van der Waals surface area contributed by atoms with E-state index in [4.69, 9.17) is 0 Å². The first-order valence-corrected chi connectivity index (χ1v) is 6.53. The van der Waals surface area contributed by atoms with Crippen molar-refractivity contribution in [2.45, 2.75) is 39.5 Å². The molecule has 1 N–H and O–H groups in total. The van der Waals surface area contributed by atoms with Crippen molar-refractivity contribution in [2.24, 2.45) is 11.3 Å². The number of rotatable bonds is 1. The van der Waals surface area contributed by atoms with Crippen LogP contribution in [0.1, 0.15) is 39.5 Å². The van der Waals surface area contributed by atoms with E-state index >= 15 is 0 Å². The summed E-state index contributed by atoms with van der Waals surface area (Å²) in [5, 5.41) is 2.74. The zero-order valence-electron chi connectivity index (χ0n) is 10.8. The highest BCUT2D eigenvalue weighted by Gasteiger charge is 2.33. The molecular formula is C13H22N2O2. The Kier molecular flexibility index (Phi) is 3.40. The van der Waals surface area contributed by atoms with Crippen molar-refractivity contribution in [2.75, 3.05) is 19.6 Å². The SMILES string of the molecule is CC1(C)CCCN(C(=O)C2CNC(=O)C2)CC1. The highest BCUT2D eigenvalue weighted by molar-refractivity contribution is 5.89. The summed E-state index contributed by atoms with van der Waals surface area (Å²) in [7, 11) is 0. The topological polar surface area (TPSA) is 49.4 Å². The largest absolute Gasteiger partial charge is 0.355 e. The molecule has 1 unspecified atom stereocenters. The molecule has 0 aromatic heterocycles. The third-order valence-electron chi connectivity index (χ3n) is 3.98. The molecule has 2 amide bonds. The Morgan fingerprint density at radius 3 is 2.76 bits per heavy atom. The second-order valence-corrected chi connectivity index (χ2v) is 6.05. The van der Waals surface area contributed by atoms with Crippen LogP contribution in [0.15, 0.2) is 0 Å². The molecule has 0 radical (unpaired) electrons. The molecule has 17 heavy (non-hydrogen) atoms. The monoisotopic (exact) mass is 238 g/mol. The zero-order chi connectivity index (χ0) is 12.5. The van der Waals surface area contributed by atoms with Crippen LogP contribution in [0.4, 0.5) is 0 Å². The van der Waals surface area contributed by atoms with Gasteiger partial charge in [-0.05, 0) is 24.7 Å². The highest BCUT2D eigenvalue weighted by Crippen LogP contribution is 2.30. The van der Waals surface area contributed by atoms with Crippen LogP contribution in [-0.4, -0.2) is 36.3 Å². The normalized spacial score (nSPS) is 28.7. The fourth-order valence-electron chi connectivity index (χ4n) is 2.68. The summed E-state index contributed by atoms with van der Waals surface area (Å²) in [5.41, 5.74) is 0.346. The van der Waals surface area contributed by atoms with Gasteiger partial charge in [-0.2, -0.15) is 0 Å². The summed E-state index contributed by atoms with van der Waals surface area (Å²) < 4.78 is 0. The average molecular weight is 238 g/mol. The zero-order valence-corrected chi connectivity index (χ0v) is 10.8. The molecule has 4 heteroatoms. The van der Waals surface area contributed by atoms with Gasteiger partial charge in [-0.1, -0.05) is 13.8 Å². The predicted molar refractivity (Wildman–Crippen MR) is 65.3 cm³/mol. The van der Waals surface area contributed by atoms with E-state index in [1.165, 1.54) is 6.42 Å². The fraction of sp³-hybridized carbons (Fsp3) is 0.846. The van der Waals surface area contributed by atoms with Gasteiger partial charge >= 0.3 is 0 Å². The van der Waals surface area contributed by atoms with Crippen LogP contribution in [0.3, 0.4) is 0 Å². The number of carbonyl (C=O) groups excluding carboxylic acids is 2. The van der Waals surface area contributed by atoms with E-state index in [-0.39, 0.29) is 17.7 Å². The molecular weight excluding hydrogens is 216 g/mol. The molecule has 2 fully saturated rings. The second kappa shape index (κ2) is 4.67. The smallest absolute Gasteiger partial charge is 0.227 e. The third kappa shape index (κ3) is 2.99. The van der Waals surface area contributed by atoms with Gasteiger partial charge in [-0.15, -0.1) is 0 Å². The first-order chi connectivity index (χ1) is 7.98. The molecule has 0 aliphatic carbocycles. The van der Waals surface area contributed by atoms with Crippen molar-refractivity contribution in [3.8, 4) is 0 Å². The minimum absolute atomic E-state index is 0.0125. The number of nitrogens with one attached hydrogen (secondary N) is 1. The Morgan fingerprint density at radius 1 is 1.35 bits per heavy atom. The maximum Gasteiger partial charge on any atom is 0.227 e. The van der Waals surface area contributed by atoms with E-state index in [2.05, 4.69) is 19.2 Å². The minimum atomic E-state index is -0.122. The number of carbonyl (C=O) groups is 2. The molecule has 1 atom stereocenters. The lowest BCUT2D eigenvalue weighted by atomic mass is 9.85. The quantitative estimate of drug-likeness (QED) is 0.745. The molecule has 0 saturated carbocycles. The van der Waals surface area contributed by atoms with Gasteiger partial charge in [0.2, 0.25) is 11.8 Å². The van der Waals surface area contributed by atoms with Gasteiger partial charge in [0.1, 0.15) is 0 Å². The van der Waals surface area contributed by atoms with E-state index in [1.54, 1.807) is 0 Å². The van der Waals surface area contributed by atoms with Crippen LogP contribution >= 0.6 is 0 Å². The van der Waals surface area contributed by atoms with Gasteiger partial charge in [-0.3, -0.25) is 9.59 Å². The number of hydrogen-bond acceptors (Lipinski definition) is 2. The Hall–Kier alpha value is -1.06. The number of hydrogen-bond donors (Lipinski definition) is 1. The standard InChI is InChI=1S/C13H22N2O2/c1-13(2)4-3-6-15(7-5-13)12(17)10-8-11(16)14-9-10/h10H,3-9H2,1-2H3,(H,14,16). The summed E-state index contributed by atoms with van der Waals surface area (Å²) in [5.74, 6) is 0.0586. The first-order valence-electron chi connectivity index (χ1n) is 6.53. The van der Waals surface area contributed by atoms with Gasteiger partial charge in [-0.25, -0.2) is 0 Å². The Bertz CT molecular complexity index is 325. The fourth-order valence-corrected chi connectivity index (χ4v) is 2.68. The third-order valence-corrected chi connectivity index (χ3v) is 3.98. The lowest BCUT2D eigenvalue weighted by Gasteiger charge is -2.25. The highest BCUT2D eigenvalue weighted by atomic mass is 16.2. The molecule has 2 heterocycles. The van der Waals surface area contributed by atoms with Crippen molar-refractivity contribution in [1.29, 1.82) is 0 Å². The lowest BCUT2D eigenvalue weighted by Crippen LogP contribution is -2.38. The molecule has 2 aliphatic rings. The molecule has 2 rings (SSSR count). The predicted octanol–water partition coefficient (Wildman–Crippen LogP) is 1.16. The van der Waals surface area contributed by atoms with Gasteiger partial charge < -0.3 is 10.2 Å². The van der Waals surface area contributed by atoms with Crippen LogP contribution in [-0.2, 0) is 9.59 Å². The minimum Gasteiger partial charge on any atom is -0.355 e. The van der Waals surface area contributed by atoms with Gasteiger partial charge in [0.25, 0.3) is 0 Å². The van der Waals surface area contributed by atoms with Crippen LogP contribution in [0, 0.1) is 11.3 Å². The van der Waals surface area contributed by atoms with E-state index in [0.29, 0.717) is 18.4 Å². The summed E-state index contributed by atoms with van der Waals surface area (Å²) in [6.45, 7) is 6.75. The molecule has 96 valence electrons. The molecule has 0 aromatic carbocycles. The Labute approximate surface area is 103 Å². The summed E-state index contributed by atoms with van der Waals surface area (Å²) in [4.78, 5) is 25.3. The molecule has 4 nitrogen and oxygen atoms in total. The van der Waals surface area contributed by atoms with E-state index < -0.39 is 0 Å². The van der Waals surface area contributed by atoms with Gasteiger partial charge in [0, 0.05) is 26.1 Å². The molecule has 0 spiro atoms. The number of likely N-dealkylation sites (tertiary alicyclic amines) is 1. The van der Waals surface area contributed by atoms with Crippen LogP contribution in [0.5, 0.6) is 0 Å². The molecule has 2 aliphatic heterocycles. The van der Waals surface area contributed by atoms with Crippen molar-refractivity contribution in [3.63, 3.8) is 0 Å². The summed E-state index contributed by atoms with van der Waals surface area (Å²) >= 11 is 0. The average Bonchev–Trinajstić information content (AvgIpc) is 2.60. The van der Waals surface area contributed by atoms with Crippen molar-refractivity contribution < 1.29 is 9.59 Å². The van der Waals surface area contributed by atoms with Crippen molar-refractivity contribution in [3.05, 3.63) is 0 Å². The van der Waals surface area contributed by atoms with Crippen molar-refractivity contribution >= 4 is 11.8 Å². The molecule has 0 aromatic rings. The first kappa shape index (κ1) is 12.4. The van der Waals surface area contributed by atoms with E-state index in [9.17, 15) is 9.59 Å². The molecule has 2 saturated heterocycles. The van der Waals surface area contributed by atoms with E-state index in [0.717, 1.165) is 25.9 Å². The van der Waals surface area contributed by atoms with Crippen LogP contribution in [0.2, 0.25) is 0 Å². The second-order valence-electron chi connectivity index (χ2n) is 6.05. The molecule has 0 bridgehead atoms. The van der Waals surface area contributed by atoms with Gasteiger partial charge in [0.05, 0.1) is 5.92 Å². The summed E-state index contributed by atoms with van der Waals surface area (Å²) in [6.07, 6.45) is 3.69. The number of nitrogens with zero attached hydrogens (tertiary/aromatic N) is 1.